The highest BCUT2D eigenvalue weighted by Gasteiger charge is 2.40. The first kappa shape index (κ1) is 28.9. The van der Waals surface area contributed by atoms with Crippen molar-refractivity contribution in [2.75, 3.05) is 47.7 Å². The van der Waals surface area contributed by atoms with E-state index >= 15 is 0 Å². The van der Waals surface area contributed by atoms with Crippen LogP contribution in [0.15, 0.2) is 4.42 Å². The van der Waals surface area contributed by atoms with Gasteiger partial charge in [-0.3, -0.25) is 0 Å². The second kappa shape index (κ2) is 14.8. The first-order valence-electron chi connectivity index (χ1n) is 16.6. The van der Waals surface area contributed by atoms with E-state index in [0.717, 1.165) is 73.4 Å². The maximum Gasteiger partial charge on any atom is 0.219 e. The maximum atomic E-state index is 6.69. The Labute approximate surface area is 243 Å². The number of hydrogen-bond donors (Lipinski definition) is 0. The predicted octanol–water partition coefficient (Wildman–Crippen LogP) is 6.79. The van der Waals surface area contributed by atoms with E-state index < -0.39 is 0 Å². The van der Waals surface area contributed by atoms with Crippen molar-refractivity contribution in [2.45, 2.75) is 127 Å². The summed E-state index contributed by atoms with van der Waals surface area (Å²) in [5.74, 6) is 13.4. The van der Waals surface area contributed by atoms with Crippen LogP contribution < -0.4 is 0 Å². The van der Waals surface area contributed by atoms with Crippen molar-refractivity contribution in [1.82, 2.24) is 10.2 Å². The molecular formula is C32H54N2O3S2+2. The molecule has 5 nitrogen and oxygen atoms in total. The minimum Gasteiger partial charge on any atom is -0.425 e. The molecule has 220 valence electrons. The third-order valence-corrected chi connectivity index (χ3v) is 15.7. The summed E-state index contributed by atoms with van der Waals surface area (Å²) < 4.78 is 19.3. The van der Waals surface area contributed by atoms with E-state index in [-0.39, 0.29) is 0 Å². The Morgan fingerprint density at radius 1 is 0.615 bits per heavy atom. The topological polar surface area (TPSA) is 57.4 Å². The fourth-order valence-corrected chi connectivity index (χ4v) is 13.5. The van der Waals surface area contributed by atoms with E-state index in [9.17, 15) is 0 Å². The van der Waals surface area contributed by atoms with Crippen LogP contribution >= 0.6 is 0 Å². The van der Waals surface area contributed by atoms with E-state index in [1.54, 1.807) is 0 Å². The lowest BCUT2D eigenvalue weighted by Gasteiger charge is -2.35. The van der Waals surface area contributed by atoms with Gasteiger partial charge in [-0.1, -0.05) is 19.3 Å². The van der Waals surface area contributed by atoms with Gasteiger partial charge in [0.1, 0.15) is 34.5 Å². The normalized spacial score (nSPS) is 33.7. The zero-order valence-electron chi connectivity index (χ0n) is 24.4. The van der Waals surface area contributed by atoms with Crippen LogP contribution in [-0.2, 0) is 31.3 Å². The zero-order chi connectivity index (χ0) is 26.3. The smallest absolute Gasteiger partial charge is 0.219 e. The van der Waals surface area contributed by atoms with Crippen molar-refractivity contribution in [3.8, 4) is 0 Å². The summed E-state index contributed by atoms with van der Waals surface area (Å²) in [5, 5.41) is 8.92. The highest BCUT2D eigenvalue weighted by molar-refractivity contribution is 7.97. The maximum absolute atomic E-state index is 6.69. The number of hydrogen-bond acceptors (Lipinski definition) is 5. The molecule has 3 saturated carbocycles. The van der Waals surface area contributed by atoms with Crippen LogP contribution in [0.3, 0.4) is 0 Å². The van der Waals surface area contributed by atoms with Crippen molar-refractivity contribution in [3.63, 3.8) is 0 Å². The van der Waals surface area contributed by atoms with Gasteiger partial charge in [-0.25, -0.2) is 0 Å². The molecule has 6 rings (SSSR count). The van der Waals surface area contributed by atoms with Gasteiger partial charge in [0, 0.05) is 23.7 Å². The molecule has 3 atom stereocenters. The first-order valence-corrected chi connectivity index (χ1v) is 20.1. The number of rotatable bonds is 11. The van der Waals surface area contributed by atoms with Gasteiger partial charge in [0.2, 0.25) is 11.8 Å². The van der Waals surface area contributed by atoms with Crippen molar-refractivity contribution in [1.29, 1.82) is 0 Å². The number of nitrogens with zero attached hydrogens (tertiary/aromatic N) is 2. The monoisotopic (exact) mass is 578 g/mol. The van der Waals surface area contributed by atoms with Crippen LogP contribution in [0, 0.1) is 11.8 Å². The molecule has 2 aliphatic heterocycles. The molecule has 0 bridgehead atoms. The summed E-state index contributed by atoms with van der Waals surface area (Å²) in [4.78, 5) is 0. The van der Waals surface area contributed by atoms with Crippen molar-refractivity contribution >= 4 is 21.8 Å². The molecule has 2 saturated heterocycles. The lowest BCUT2D eigenvalue weighted by molar-refractivity contribution is -0.0613. The zero-order valence-corrected chi connectivity index (χ0v) is 26.0. The van der Waals surface area contributed by atoms with Gasteiger partial charge >= 0.3 is 0 Å². The molecule has 3 unspecified atom stereocenters. The van der Waals surface area contributed by atoms with Crippen LogP contribution in [0.4, 0.5) is 0 Å². The molecule has 5 aliphatic rings. The van der Waals surface area contributed by atoms with E-state index in [4.69, 9.17) is 13.9 Å². The molecular weight excluding hydrogens is 524 g/mol. The Morgan fingerprint density at radius 2 is 1.23 bits per heavy atom. The van der Waals surface area contributed by atoms with E-state index in [1.807, 2.05) is 0 Å². The van der Waals surface area contributed by atoms with Gasteiger partial charge in [-0.05, 0) is 105 Å². The van der Waals surface area contributed by atoms with Crippen LogP contribution in [0.5, 0.6) is 0 Å². The molecule has 7 heteroatoms. The van der Waals surface area contributed by atoms with E-state index in [2.05, 4.69) is 10.2 Å². The summed E-state index contributed by atoms with van der Waals surface area (Å²) in [5.41, 5.74) is 0. The molecule has 1 aromatic heterocycles. The summed E-state index contributed by atoms with van der Waals surface area (Å²) in [6, 6.07) is 0. The van der Waals surface area contributed by atoms with Gasteiger partial charge < -0.3 is 13.9 Å². The Bertz CT molecular complexity index is 842. The Balaban J connectivity index is 0.920. The van der Waals surface area contributed by atoms with Gasteiger partial charge in [0.25, 0.3) is 0 Å². The molecule has 0 spiro atoms. The molecule has 0 amide bonds. The fraction of sp³-hybridized carbons (Fsp3) is 0.938. The Kier molecular flexibility index (Phi) is 10.9. The van der Waals surface area contributed by atoms with Gasteiger partial charge in [0.15, 0.2) is 0 Å². The average molecular weight is 579 g/mol. The quantitative estimate of drug-likeness (QED) is 0.214. The third kappa shape index (κ3) is 8.20. The van der Waals surface area contributed by atoms with Crippen LogP contribution in [0.1, 0.15) is 126 Å². The van der Waals surface area contributed by atoms with Crippen LogP contribution in [0.2, 0.25) is 0 Å². The second-order valence-electron chi connectivity index (χ2n) is 13.3. The molecule has 0 N–H and O–H groups in total. The average Bonchev–Trinajstić information content (AvgIpc) is 3.77. The Hall–Kier alpha value is -0.240. The highest BCUT2D eigenvalue weighted by Crippen LogP contribution is 2.38. The lowest BCUT2D eigenvalue weighted by Crippen LogP contribution is -2.39. The lowest BCUT2D eigenvalue weighted by atomic mass is 9.81. The number of aromatic nitrogens is 2. The van der Waals surface area contributed by atoms with Crippen molar-refractivity contribution < 1.29 is 13.9 Å². The minimum absolute atomic E-state index is 0.365. The summed E-state index contributed by atoms with van der Waals surface area (Å²) >= 11 is 0. The van der Waals surface area contributed by atoms with Crippen LogP contribution in [0.25, 0.3) is 0 Å². The van der Waals surface area contributed by atoms with Crippen LogP contribution in [-0.4, -0.2) is 70.1 Å². The molecule has 5 fully saturated rings. The summed E-state index contributed by atoms with van der Waals surface area (Å²) in [6.45, 7) is 1.54. The molecule has 39 heavy (non-hydrogen) atoms. The molecule has 3 heterocycles. The largest absolute Gasteiger partial charge is 0.425 e. The highest BCUT2D eigenvalue weighted by atomic mass is 32.2. The standard InChI is InChI=1S/C32H54N2O3S2/c1-2-8-26(9-3-1)31-33-34-32(37-31)27-12-14-29(15-13-27)35-16-17-36-30-22-25(23-38-18-4-5-19-38)10-11-28(30)24-39-20-6-7-21-39/h25-30H,1-24H2/q+2. The van der Waals surface area contributed by atoms with Crippen molar-refractivity contribution in [2.24, 2.45) is 11.8 Å². The van der Waals surface area contributed by atoms with Crippen molar-refractivity contribution in [3.05, 3.63) is 11.8 Å². The second-order valence-corrected chi connectivity index (χ2v) is 18.0. The Morgan fingerprint density at radius 3 is 1.92 bits per heavy atom. The van der Waals surface area contributed by atoms with E-state index in [0.29, 0.717) is 34.9 Å². The van der Waals surface area contributed by atoms with Gasteiger partial charge in [0.05, 0.1) is 25.4 Å². The summed E-state index contributed by atoms with van der Waals surface area (Å²) in [7, 11) is 1.41. The molecule has 0 aromatic carbocycles. The third-order valence-electron chi connectivity index (χ3n) is 10.4. The fourth-order valence-electron chi connectivity index (χ4n) is 8.04. The minimum atomic E-state index is 0.365. The van der Waals surface area contributed by atoms with Gasteiger partial charge in [-0.2, -0.15) is 0 Å². The van der Waals surface area contributed by atoms with Gasteiger partial charge in [-0.15, -0.1) is 10.2 Å². The molecule has 3 aliphatic carbocycles. The van der Waals surface area contributed by atoms with E-state index in [1.165, 1.54) is 112 Å². The predicted molar refractivity (Wildman–Crippen MR) is 164 cm³/mol. The molecule has 1 aromatic rings. The summed E-state index contributed by atoms with van der Waals surface area (Å²) in [6.07, 6.45) is 21.8. The number of ether oxygens (including phenoxy) is 2. The SMILES string of the molecule is C1CCC(c2nnc(C3CCC(OCCOC4CC(C[S+]5CCCC5)CCC4C[S+]4CCCC4)CC3)o2)CC1. The first-order chi connectivity index (χ1) is 19.3. The molecule has 0 radical (unpaired) electrons.